The summed E-state index contributed by atoms with van der Waals surface area (Å²) in [4.78, 5) is 12.1. The van der Waals surface area contributed by atoms with Gasteiger partial charge in [-0.2, -0.15) is 0 Å². The Bertz CT molecular complexity index is 376. The van der Waals surface area contributed by atoms with Crippen molar-refractivity contribution in [2.24, 2.45) is 0 Å². The number of carbonyl (C=O) groups is 1. The Hall–Kier alpha value is -0.420. The van der Waals surface area contributed by atoms with Crippen molar-refractivity contribution in [2.75, 3.05) is 6.54 Å². The molecule has 0 radical (unpaired) electrons. The highest BCUT2D eigenvalue weighted by Gasteiger charge is 2.07. The van der Waals surface area contributed by atoms with E-state index in [4.69, 9.17) is 0 Å². The number of rotatable bonds is 5. The van der Waals surface area contributed by atoms with Gasteiger partial charge in [0, 0.05) is 21.4 Å². The zero-order chi connectivity index (χ0) is 12.8. The lowest BCUT2D eigenvalue weighted by molar-refractivity contribution is 0.0952. The van der Waals surface area contributed by atoms with E-state index in [1.54, 1.807) is 6.07 Å². The van der Waals surface area contributed by atoms with Gasteiger partial charge in [-0.15, -0.1) is 0 Å². The topological polar surface area (TPSA) is 29.1 Å². The maximum atomic E-state index is 13.1. The highest BCUT2D eigenvalue weighted by atomic mass is 79.9. The van der Waals surface area contributed by atoms with E-state index in [1.807, 2.05) is 0 Å². The zero-order valence-electron chi connectivity index (χ0n) is 9.47. The van der Waals surface area contributed by atoms with Gasteiger partial charge in [0.05, 0.1) is 0 Å². The molecule has 1 unspecified atom stereocenters. The van der Waals surface area contributed by atoms with E-state index in [0.717, 1.165) is 12.8 Å². The van der Waals surface area contributed by atoms with Gasteiger partial charge in [-0.1, -0.05) is 38.8 Å². The minimum Gasteiger partial charge on any atom is -0.352 e. The molecule has 0 spiro atoms. The van der Waals surface area contributed by atoms with Gasteiger partial charge in [0.2, 0.25) is 0 Å². The van der Waals surface area contributed by atoms with Crippen LogP contribution in [0.25, 0.3) is 0 Å². The summed E-state index contributed by atoms with van der Waals surface area (Å²) >= 11 is 6.59. The second-order valence-electron chi connectivity index (χ2n) is 3.84. The van der Waals surface area contributed by atoms with Gasteiger partial charge in [0.15, 0.2) is 0 Å². The molecule has 5 heteroatoms. The van der Waals surface area contributed by atoms with E-state index in [0.29, 0.717) is 21.4 Å². The molecule has 0 saturated heterocycles. The molecular weight excluding hydrogens is 353 g/mol. The molecule has 1 rings (SSSR count). The molecule has 1 atom stereocenters. The number of hydrogen-bond donors (Lipinski definition) is 1. The molecule has 1 aromatic rings. The summed E-state index contributed by atoms with van der Waals surface area (Å²) in [6.07, 6.45) is 1.89. The number of nitrogens with one attached hydrogen (secondary N) is 1. The van der Waals surface area contributed by atoms with Gasteiger partial charge in [-0.05, 0) is 31.0 Å². The monoisotopic (exact) mass is 365 g/mol. The summed E-state index contributed by atoms with van der Waals surface area (Å²) in [5, 5.41) is 2.76. The smallest absolute Gasteiger partial charge is 0.251 e. The summed E-state index contributed by atoms with van der Waals surface area (Å²) < 4.78 is 13.6. The lowest BCUT2D eigenvalue weighted by atomic mass is 10.2. The van der Waals surface area contributed by atoms with Gasteiger partial charge in [0.25, 0.3) is 5.91 Å². The first-order chi connectivity index (χ1) is 7.99. The van der Waals surface area contributed by atoms with Gasteiger partial charge < -0.3 is 5.32 Å². The van der Waals surface area contributed by atoms with Crippen LogP contribution in [-0.2, 0) is 0 Å². The Morgan fingerprint density at radius 3 is 2.76 bits per heavy atom. The first-order valence-corrected chi connectivity index (χ1v) is 7.08. The molecule has 94 valence electrons. The van der Waals surface area contributed by atoms with Crippen LogP contribution in [0.4, 0.5) is 4.39 Å². The minimum absolute atomic E-state index is 0.243. The molecule has 1 aromatic carbocycles. The van der Waals surface area contributed by atoms with E-state index in [1.165, 1.54) is 12.1 Å². The average molecular weight is 367 g/mol. The van der Waals surface area contributed by atoms with Crippen LogP contribution in [0.5, 0.6) is 0 Å². The van der Waals surface area contributed by atoms with Gasteiger partial charge in [-0.3, -0.25) is 4.79 Å². The second kappa shape index (κ2) is 7.11. The molecule has 0 bridgehead atoms. The second-order valence-corrected chi connectivity index (χ2v) is 6.32. The fourth-order valence-corrected chi connectivity index (χ4v) is 2.16. The maximum absolute atomic E-state index is 13.1. The summed E-state index contributed by atoms with van der Waals surface area (Å²) in [7, 11) is 0. The van der Waals surface area contributed by atoms with Crippen LogP contribution in [-0.4, -0.2) is 17.3 Å². The standard InChI is InChI=1S/C12H14Br2FNO/c1-8(13)3-2-4-16-12(17)9-5-10(14)7-11(15)6-9/h5-8H,2-4H2,1H3,(H,16,17). The van der Waals surface area contributed by atoms with E-state index in [9.17, 15) is 9.18 Å². The molecule has 2 nitrogen and oxygen atoms in total. The highest BCUT2D eigenvalue weighted by molar-refractivity contribution is 9.10. The van der Waals surface area contributed by atoms with E-state index in [2.05, 4.69) is 44.1 Å². The summed E-state index contributed by atoms with van der Waals surface area (Å²) in [5.74, 6) is -0.661. The number of halogens is 3. The lowest BCUT2D eigenvalue weighted by Crippen LogP contribution is -2.24. The highest BCUT2D eigenvalue weighted by Crippen LogP contribution is 2.14. The van der Waals surface area contributed by atoms with E-state index in [-0.39, 0.29) is 5.91 Å². The Balaban J connectivity index is 2.47. The molecule has 0 saturated carbocycles. The van der Waals surface area contributed by atoms with Crippen molar-refractivity contribution >= 4 is 37.8 Å². The van der Waals surface area contributed by atoms with Crippen LogP contribution < -0.4 is 5.32 Å². The van der Waals surface area contributed by atoms with Crippen molar-refractivity contribution in [3.05, 3.63) is 34.1 Å². The maximum Gasteiger partial charge on any atom is 0.251 e. The molecule has 17 heavy (non-hydrogen) atoms. The van der Waals surface area contributed by atoms with Crippen molar-refractivity contribution < 1.29 is 9.18 Å². The SMILES string of the molecule is CC(Br)CCCNC(=O)c1cc(F)cc(Br)c1. The molecule has 0 aromatic heterocycles. The van der Waals surface area contributed by atoms with Crippen LogP contribution in [0.15, 0.2) is 22.7 Å². The Morgan fingerprint density at radius 2 is 2.18 bits per heavy atom. The number of carbonyl (C=O) groups excluding carboxylic acids is 1. The molecule has 1 N–H and O–H groups in total. The van der Waals surface area contributed by atoms with Gasteiger partial charge >= 0.3 is 0 Å². The van der Waals surface area contributed by atoms with Gasteiger partial charge in [0.1, 0.15) is 5.82 Å². The molecule has 1 amide bonds. The minimum atomic E-state index is -0.418. The third-order valence-electron chi connectivity index (χ3n) is 2.19. The first-order valence-electron chi connectivity index (χ1n) is 5.37. The zero-order valence-corrected chi connectivity index (χ0v) is 12.6. The Labute approximate surface area is 117 Å². The number of amides is 1. The predicted molar refractivity (Wildman–Crippen MR) is 74.1 cm³/mol. The van der Waals surface area contributed by atoms with E-state index >= 15 is 0 Å². The van der Waals surface area contributed by atoms with Crippen LogP contribution in [0, 0.1) is 5.82 Å². The lowest BCUT2D eigenvalue weighted by Gasteiger charge is -2.06. The fraction of sp³-hybridized carbons (Fsp3) is 0.417. The van der Waals surface area contributed by atoms with Crippen molar-refractivity contribution in [3.8, 4) is 0 Å². The normalized spacial score (nSPS) is 12.2. The number of alkyl halides is 1. The fourth-order valence-electron chi connectivity index (χ4n) is 1.37. The molecular formula is C12H14Br2FNO. The van der Waals surface area contributed by atoms with Crippen LogP contribution >= 0.6 is 31.9 Å². The Morgan fingerprint density at radius 1 is 1.47 bits per heavy atom. The molecule has 0 aliphatic carbocycles. The number of benzene rings is 1. The van der Waals surface area contributed by atoms with Crippen LogP contribution in [0.2, 0.25) is 0 Å². The summed E-state index contributed by atoms with van der Waals surface area (Å²) in [6, 6.07) is 4.15. The van der Waals surface area contributed by atoms with Gasteiger partial charge in [-0.25, -0.2) is 4.39 Å². The molecule has 0 heterocycles. The summed E-state index contributed by atoms with van der Waals surface area (Å²) in [5.41, 5.74) is 0.337. The third kappa shape index (κ3) is 5.64. The molecule has 0 aliphatic heterocycles. The average Bonchev–Trinajstić information content (AvgIpc) is 2.22. The van der Waals surface area contributed by atoms with E-state index < -0.39 is 5.82 Å². The van der Waals surface area contributed by atoms with Crippen LogP contribution in [0.1, 0.15) is 30.1 Å². The van der Waals surface area contributed by atoms with Crippen molar-refractivity contribution in [1.82, 2.24) is 5.32 Å². The molecule has 0 aliphatic rings. The van der Waals surface area contributed by atoms with Crippen LogP contribution in [0.3, 0.4) is 0 Å². The van der Waals surface area contributed by atoms with Crippen molar-refractivity contribution in [3.63, 3.8) is 0 Å². The largest absolute Gasteiger partial charge is 0.352 e. The third-order valence-corrected chi connectivity index (χ3v) is 3.10. The molecule has 0 fully saturated rings. The summed E-state index contributed by atoms with van der Waals surface area (Å²) in [6.45, 7) is 2.66. The van der Waals surface area contributed by atoms with Crippen molar-refractivity contribution in [2.45, 2.75) is 24.6 Å². The number of hydrogen-bond acceptors (Lipinski definition) is 1. The first kappa shape index (κ1) is 14.6. The Kier molecular flexibility index (Phi) is 6.12. The predicted octanol–water partition coefficient (Wildman–Crippen LogP) is 3.88. The quantitative estimate of drug-likeness (QED) is 0.621. The van der Waals surface area contributed by atoms with Crippen molar-refractivity contribution in [1.29, 1.82) is 0 Å².